The average molecular weight is 387 g/mol. The first-order chi connectivity index (χ1) is 13.7. The second kappa shape index (κ2) is 13.2. The molecule has 1 atom stereocenters. The van der Waals surface area contributed by atoms with Crippen molar-refractivity contribution >= 4 is 0 Å². The molecule has 0 bridgehead atoms. The van der Waals surface area contributed by atoms with Crippen molar-refractivity contribution in [3.05, 3.63) is 42.2 Å². The Labute approximate surface area is 169 Å². The molecule has 1 unspecified atom stereocenters. The zero-order valence-electron chi connectivity index (χ0n) is 17.5. The maximum atomic E-state index is 13.3. The Morgan fingerprint density at radius 1 is 0.893 bits per heavy atom. The van der Waals surface area contributed by atoms with Gasteiger partial charge in [-0.15, -0.1) is 0 Å². The van der Waals surface area contributed by atoms with Crippen LogP contribution in [-0.4, -0.2) is 22.7 Å². The zero-order valence-corrected chi connectivity index (χ0v) is 17.5. The van der Waals surface area contributed by atoms with E-state index in [-0.39, 0.29) is 0 Å². The number of benzene rings is 1. The molecule has 0 spiro atoms. The summed E-state index contributed by atoms with van der Waals surface area (Å²) in [7, 11) is 0. The number of alkyl halides is 1. The van der Waals surface area contributed by atoms with Crippen molar-refractivity contribution in [2.75, 3.05) is 6.61 Å². The summed E-state index contributed by atoms with van der Waals surface area (Å²) in [6, 6.07) is 8.24. The molecule has 2 rings (SSSR count). The van der Waals surface area contributed by atoms with Crippen LogP contribution in [0.25, 0.3) is 11.4 Å². The van der Waals surface area contributed by atoms with Gasteiger partial charge in [0.25, 0.3) is 0 Å². The number of unbranched alkanes of at least 4 members (excludes halogenated alkanes) is 5. The molecule has 0 aliphatic rings. The molecule has 1 aromatic heterocycles. The van der Waals surface area contributed by atoms with Crippen LogP contribution in [-0.2, 0) is 6.42 Å². The van der Waals surface area contributed by atoms with Gasteiger partial charge >= 0.3 is 0 Å². The summed E-state index contributed by atoms with van der Waals surface area (Å²) in [5.74, 6) is 1.43. The minimum absolute atomic E-state index is 0.606. The number of halogens is 1. The van der Waals surface area contributed by atoms with Gasteiger partial charge in [0.05, 0.1) is 25.2 Å². The first-order valence-electron chi connectivity index (χ1n) is 10.9. The molecule has 0 saturated carbocycles. The van der Waals surface area contributed by atoms with Crippen LogP contribution in [0, 0.1) is 0 Å². The molecule has 0 fully saturated rings. The van der Waals surface area contributed by atoms with E-state index in [4.69, 9.17) is 4.74 Å². The lowest BCUT2D eigenvalue weighted by Crippen LogP contribution is -1.99. The van der Waals surface area contributed by atoms with E-state index in [0.717, 1.165) is 37.2 Å². The van der Waals surface area contributed by atoms with Gasteiger partial charge in [0.2, 0.25) is 0 Å². The Hall–Kier alpha value is -1.97. The van der Waals surface area contributed by atoms with Crippen molar-refractivity contribution in [1.29, 1.82) is 0 Å². The van der Waals surface area contributed by atoms with Crippen LogP contribution in [0.5, 0.6) is 5.75 Å². The van der Waals surface area contributed by atoms with E-state index in [1.807, 2.05) is 19.1 Å². The van der Waals surface area contributed by atoms with Crippen molar-refractivity contribution in [1.82, 2.24) is 9.97 Å². The van der Waals surface area contributed by atoms with E-state index in [0.29, 0.717) is 18.7 Å². The van der Waals surface area contributed by atoms with Crippen molar-refractivity contribution in [2.45, 2.75) is 84.2 Å². The molecular formula is C24H35FN2O. The van der Waals surface area contributed by atoms with Gasteiger partial charge in [0, 0.05) is 5.56 Å². The molecule has 1 aromatic carbocycles. The van der Waals surface area contributed by atoms with E-state index in [1.165, 1.54) is 37.7 Å². The van der Waals surface area contributed by atoms with E-state index < -0.39 is 6.17 Å². The second-order valence-corrected chi connectivity index (χ2v) is 7.45. The van der Waals surface area contributed by atoms with Gasteiger partial charge in [-0.25, -0.2) is 14.4 Å². The molecule has 0 saturated heterocycles. The highest BCUT2D eigenvalue weighted by Gasteiger charge is 2.05. The molecule has 154 valence electrons. The number of nitrogens with zero attached hydrogens (tertiary/aromatic N) is 2. The maximum absolute atomic E-state index is 13.3. The highest BCUT2D eigenvalue weighted by molar-refractivity contribution is 5.55. The van der Waals surface area contributed by atoms with Crippen molar-refractivity contribution < 1.29 is 9.13 Å². The van der Waals surface area contributed by atoms with Gasteiger partial charge < -0.3 is 4.74 Å². The van der Waals surface area contributed by atoms with Crippen LogP contribution >= 0.6 is 0 Å². The molecule has 2 aromatic rings. The molecule has 3 nitrogen and oxygen atoms in total. The Morgan fingerprint density at radius 3 is 2.25 bits per heavy atom. The molecule has 0 aliphatic carbocycles. The molecule has 1 heterocycles. The van der Waals surface area contributed by atoms with Crippen molar-refractivity contribution in [2.24, 2.45) is 0 Å². The third-order valence-corrected chi connectivity index (χ3v) is 5.03. The molecule has 28 heavy (non-hydrogen) atoms. The van der Waals surface area contributed by atoms with Crippen LogP contribution < -0.4 is 4.74 Å². The largest absolute Gasteiger partial charge is 0.490 e. The lowest BCUT2D eigenvalue weighted by Gasteiger charge is -2.07. The molecule has 0 aliphatic heterocycles. The van der Waals surface area contributed by atoms with Gasteiger partial charge in [0.1, 0.15) is 0 Å². The predicted octanol–water partition coefficient (Wildman–Crippen LogP) is 6.95. The highest BCUT2D eigenvalue weighted by Crippen LogP contribution is 2.19. The average Bonchev–Trinajstić information content (AvgIpc) is 2.74. The highest BCUT2D eigenvalue weighted by atomic mass is 19.1. The smallest absolute Gasteiger partial charge is 0.159 e. The second-order valence-electron chi connectivity index (χ2n) is 7.45. The third kappa shape index (κ3) is 8.37. The lowest BCUT2D eigenvalue weighted by atomic mass is 10.0. The summed E-state index contributed by atoms with van der Waals surface area (Å²) in [6.07, 6.45) is 13.4. The minimum atomic E-state index is -0.672. The number of aromatic nitrogens is 2. The maximum Gasteiger partial charge on any atom is 0.159 e. The molecule has 4 heteroatoms. The lowest BCUT2D eigenvalue weighted by molar-refractivity contribution is 0.300. The summed E-state index contributed by atoms with van der Waals surface area (Å²) in [6.45, 7) is 4.85. The van der Waals surface area contributed by atoms with Gasteiger partial charge in [-0.05, 0) is 37.7 Å². The van der Waals surface area contributed by atoms with Crippen molar-refractivity contribution in [3.8, 4) is 17.1 Å². The van der Waals surface area contributed by atoms with E-state index in [1.54, 1.807) is 12.4 Å². The Balaban J connectivity index is 1.73. The first-order valence-corrected chi connectivity index (χ1v) is 10.9. The van der Waals surface area contributed by atoms with Crippen LogP contribution in [0.3, 0.4) is 0 Å². The van der Waals surface area contributed by atoms with Gasteiger partial charge in [-0.1, -0.05) is 70.2 Å². The van der Waals surface area contributed by atoms with Crippen LogP contribution in [0.15, 0.2) is 36.7 Å². The molecule has 0 radical (unpaired) electrons. The fourth-order valence-electron chi connectivity index (χ4n) is 3.16. The SMILES string of the molecule is CCCCCCCCOc1cnc(-c2ccc(CCCC(F)CC)cc2)nc1. The van der Waals surface area contributed by atoms with Crippen LogP contribution in [0.4, 0.5) is 4.39 Å². The number of hydrogen-bond acceptors (Lipinski definition) is 3. The Morgan fingerprint density at radius 2 is 1.57 bits per heavy atom. The van der Waals surface area contributed by atoms with Gasteiger partial charge in [-0.3, -0.25) is 0 Å². The predicted molar refractivity (Wildman–Crippen MR) is 114 cm³/mol. The Bertz CT molecular complexity index is 643. The van der Waals surface area contributed by atoms with Crippen molar-refractivity contribution in [3.63, 3.8) is 0 Å². The minimum Gasteiger partial charge on any atom is -0.490 e. The van der Waals surface area contributed by atoms with E-state index >= 15 is 0 Å². The fraction of sp³-hybridized carbons (Fsp3) is 0.583. The summed E-state index contributed by atoms with van der Waals surface area (Å²) < 4.78 is 19.0. The Kier molecular flexibility index (Phi) is 10.6. The summed E-state index contributed by atoms with van der Waals surface area (Å²) >= 11 is 0. The molecule has 0 amide bonds. The number of rotatable bonds is 14. The van der Waals surface area contributed by atoms with Crippen LogP contribution in [0.1, 0.15) is 77.2 Å². The normalized spacial score (nSPS) is 12.1. The zero-order chi connectivity index (χ0) is 20.0. The monoisotopic (exact) mass is 386 g/mol. The fourth-order valence-corrected chi connectivity index (χ4v) is 3.16. The molecular weight excluding hydrogens is 351 g/mol. The molecule has 0 N–H and O–H groups in total. The topological polar surface area (TPSA) is 35.0 Å². The summed E-state index contributed by atoms with van der Waals surface area (Å²) in [5.41, 5.74) is 2.22. The quantitative estimate of drug-likeness (QED) is 0.329. The van der Waals surface area contributed by atoms with E-state index in [9.17, 15) is 4.39 Å². The standard InChI is InChI=1S/C24H35FN2O/c1-3-5-6-7-8-9-17-28-23-18-26-24(27-19-23)21-15-13-20(14-16-21)11-10-12-22(25)4-2/h13-16,18-19,22H,3-12,17H2,1-2H3. The van der Waals surface area contributed by atoms with Gasteiger partial charge in [-0.2, -0.15) is 0 Å². The third-order valence-electron chi connectivity index (χ3n) is 5.03. The van der Waals surface area contributed by atoms with Crippen LogP contribution in [0.2, 0.25) is 0 Å². The van der Waals surface area contributed by atoms with E-state index in [2.05, 4.69) is 29.0 Å². The number of ether oxygens (including phenoxy) is 1. The summed E-state index contributed by atoms with van der Waals surface area (Å²) in [4.78, 5) is 8.86. The van der Waals surface area contributed by atoms with Gasteiger partial charge in [0.15, 0.2) is 11.6 Å². The number of aryl methyl sites for hydroxylation is 1. The summed E-state index contributed by atoms with van der Waals surface area (Å²) in [5, 5.41) is 0. The number of hydrogen-bond donors (Lipinski definition) is 0. The first kappa shape index (κ1) is 22.3.